The van der Waals surface area contributed by atoms with Gasteiger partial charge in [-0.2, -0.15) is 0 Å². The Balaban J connectivity index is 3.13. The molecule has 0 aliphatic carbocycles. The molecule has 0 aromatic carbocycles. The average molecular weight is 172 g/mol. The van der Waals surface area contributed by atoms with E-state index in [2.05, 4.69) is 6.58 Å². The fourth-order valence-electron chi connectivity index (χ4n) is 0.851. The van der Waals surface area contributed by atoms with Gasteiger partial charge in [0.1, 0.15) is 0 Å². The number of ether oxygens (including phenoxy) is 1. The number of nitrogens with two attached hydrogens (primary N) is 2. The summed E-state index contributed by atoms with van der Waals surface area (Å²) >= 11 is 0. The SMILES string of the molecule is C=CCOCCCC(N)C(C)N. The summed E-state index contributed by atoms with van der Waals surface area (Å²) in [6.45, 7) is 6.84. The molecule has 0 bridgehead atoms. The van der Waals surface area contributed by atoms with Crippen molar-refractivity contribution in [3.05, 3.63) is 12.7 Å². The third-order valence-corrected chi connectivity index (χ3v) is 1.74. The minimum absolute atomic E-state index is 0.0735. The van der Waals surface area contributed by atoms with Crippen LogP contribution in [0.3, 0.4) is 0 Å². The molecule has 0 saturated carbocycles. The van der Waals surface area contributed by atoms with E-state index in [1.165, 1.54) is 0 Å². The van der Waals surface area contributed by atoms with Crippen LogP contribution in [0.25, 0.3) is 0 Å². The largest absolute Gasteiger partial charge is 0.377 e. The average Bonchev–Trinajstić information content (AvgIpc) is 2.03. The van der Waals surface area contributed by atoms with E-state index in [1.54, 1.807) is 6.08 Å². The fraction of sp³-hybridized carbons (Fsp3) is 0.778. The van der Waals surface area contributed by atoms with E-state index in [4.69, 9.17) is 16.2 Å². The van der Waals surface area contributed by atoms with Crippen LogP contribution in [0.4, 0.5) is 0 Å². The second kappa shape index (κ2) is 7.28. The van der Waals surface area contributed by atoms with Gasteiger partial charge in [-0.05, 0) is 19.8 Å². The second-order valence-corrected chi connectivity index (χ2v) is 3.03. The zero-order chi connectivity index (χ0) is 9.40. The van der Waals surface area contributed by atoms with Gasteiger partial charge >= 0.3 is 0 Å². The highest BCUT2D eigenvalue weighted by molar-refractivity contribution is 4.71. The minimum atomic E-state index is 0.0735. The molecule has 12 heavy (non-hydrogen) atoms. The Morgan fingerprint density at radius 1 is 1.50 bits per heavy atom. The standard InChI is InChI=1S/C9H20N2O/c1-3-6-12-7-4-5-9(11)8(2)10/h3,8-9H,1,4-7,10-11H2,2H3. The van der Waals surface area contributed by atoms with Crippen molar-refractivity contribution in [1.82, 2.24) is 0 Å². The lowest BCUT2D eigenvalue weighted by molar-refractivity contribution is 0.155. The van der Waals surface area contributed by atoms with Crippen molar-refractivity contribution < 1.29 is 4.74 Å². The Morgan fingerprint density at radius 2 is 2.17 bits per heavy atom. The number of hydrogen-bond acceptors (Lipinski definition) is 3. The molecule has 2 unspecified atom stereocenters. The van der Waals surface area contributed by atoms with Crippen molar-refractivity contribution in [2.24, 2.45) is 11.5 Å². The van der Waals surface area contributed by atoms with Crippen molar-refractivity contribution in [1.29, 1.82) is 0 Å². The highest BCUT2D eigenvalue weighted by atomic mass is 16.5. The van der Waals surface area contributed by atoms with Gasteiger partial charge in [-0.25, -0.2) is 0 Å². The molecule has 0 amide bonds. The van der Waals surface area contributed by atoms with Gasteiger partial charge in [0, 0.05) is 18.7 Å². The molecule has 0 aromatic heterocycles. The van der Waals surface area contributed by atoms with Gasteiger partial charge < -0.3 is 16.2 Å². The molecule has 0 radical (unpaired) electrons. The lowest BCUT2D eigenvalue weighted by Crippen LogP contribution is -2.38. The summed E-state index contributed by atoms with van der Waals surface area (Å²) in [5, 5.41) is 0. The molecular weight excluding hydrogens is 152 g/mol. The van der Waals surface area contributed by atoms with Crippen LogP contribution in [-0.2, 0) is 4.74 Å². The second-order valence-electron chi connectivity index (χ2n) is 3.03. The first-order valence-corrected chi connectivity index (χ1v) is 4.38. The quantitative estimate of drug-likeness (QED) is 0.437. The van der Waals surface area contributed by atoms with Crippen LogP contribution < -0.4 is 11.5 Å². The lowest BCUT2D eigenvalue weighted by atomic mass is 10.1. The van der Waals surface area contributed by atoms with Crippen LogP contribution in [0.1, 0.15) is 19.8 Å². The Morgan fingerprint density at radius 3 is 2.67 bits per heavy atom. The Hall–Kier alpha value is -0.380. The summed E-state index contributed by atoms with van der Waals surface area (Å²) in [5.41, 5.74) is 11.3. The highest BCUT2D eigenvalue weighted by Gasteiger charge is 2.06. The van der Waals surface area contributed by atoms with E-state index in [0.29, 0.717) is 6.61 Å². The molecule has 2 atom stereocenters. The lowest BCUT2D eigenvalue weighted by Gasteiger charge is -2.14. The van der Waals surface area contributed by atoms with Gasteiger partial charge in [-0.1, -0.05) is 6.08 Å². The van der Waals surface area contributed by atoms with Crippen LogP contribution in [0.2, 0.25) is 0 Å². The third kappa shape index (κ3) is 6.34. The smallest absolute Gasteiger partial charge is 0.0644 e. The Labute approximate surface area is 74.8 Å². The molecule has 0 rings (SSSR count). The van der Waals surface area contributed by atoms with E-state index in [-0.39, 0.29) is 12.1 Å². The maximum atomic E-state index is 5.73. The third-order valence-electron chi connectivity index (χ3n) is 1.74. The first kappa shape index (κ1) is 11.6. The van der Waals surface area contributed by atoms with Gasteiger partial charge in [-0.15, -0.1) is 6.58 Å². The Kier molecular flexibility index (Phi) is 7.05. The van der Waals surface area contributed by atoms with Crippen LogP contribution in [-0.4, -0.2) is 25.3 Å². The highest BCUT2D eigenvalue weighted by Crippen LogP contribution is 1.97. The first-order valence-electron chi connectivity index (χ1n) is 4.38. The molecule has 0 heterocycles. The summed E-state index contributed by atoms with van der Waals surface area (Å²) in [5.74, 6) is 0. The summed E-state index contributed by atoms with van der Waals surface area (Å²) in [7, 11) is 0. The first-order chi connectivity index (χ1) is 5.68. The molecule has 0 aromatic rings. The van der Waals surface area contributed by atoms with Crippen LogP contribution in [0, 0.1) is 0 Å². The van der Waals surface area contributed by atoms with Crippen molar-refractivity contribution in [3.8, 4) is 0 Å². The predicted octanol–water partition coefficient (Wildman–Crippen LogP) is 0.644. The molecule has 0 aliphatic rings. The monoisotopic (exact) mass is 172 g/mol. The normalized spacial score (nSPS) is 15.6. The zero-order valence-electron chi connectivity index (χ0n) is 7.83. The Bertz CT molecular complexity index is 115. The van der Waals surface area contributed by atoms with Gasteiger partial charge in [0.2, 0.25) is 0 Å². The van der Waals surface area contributed by atoms with Crippen molar-refractivity contribution >= 4 is 0 Å². The van der Waals surface area contributed by atoms with Crippen molar-refractivity contribution in [3.63, 3.8) is 0 Å². The molecular formula is C9H20N2O. The number of hydrogen-bond donors (Lipinski definition) is 2. The predicted molar refractivity (Wildman–Crippen MR) is 51.9 cm³/mol. The van der Waals surface area contributed by atoms with E-state index >= 15 is 0 Å². The minimum Gasteiger partial charge on any atom is -0.377 e. The molecule has 3 heteroatoms. The molecule has 4 N–H and O–H groups in total. The fourth-order valence-corrected chi connectivity index (χ4v) is 0.851. The molecule has 0 saturated heterocycles. The summed E-state index contributed by atoms with van der Waals surface area (Å²) in [4.78, 5) is 0. The van der Waals surface area contributed by atoms with Crippen molar-refractivity contribution in [2.45, 2.75) is 31.8 Å². The van der Waals surface area contributed by atoms with Gasteiger partial charge in [0.15, 0.2) is 0 Å². The zero-order valence-corrected chi connectivity index (χ0v) is 7.83. The van der Waals surface area contributed by atoms with Crippen LogP contribution in [0.15, 0.2) is 12.7 Å². The van der Waals surface area contributed by atoms with E-state index < -0.39 is 0 Å². The van der Waals surface area contributed by atoms with E-state index in [0.717, 1.165) is 19.4 Å². The summed E-state index contributed by atoms with van der Waals surface area (Å²) in [6.07, 6.45) is 3.64. The van der Waals surface area contributed by atoms with E-state index in [1.807, 2.05) is 6.92 Å². The maximum absolute atomic E-state index is 5.73. The summed E-state index contributed by atoms with van der Waals surface area (Å²) in [6, 6.07) is 0.168. The van der Waals surface area contributed by atoms with Gasteiger partial charge in [0.05, 0.1) is 6.61 Å². The van der Waals surface area contributed by atoms with Gasteiger partial charge in [0.25, 0.3) is 0 Å². The van der Waals surface area contributed by atoms with Crippen molar-refractivity contribution in [2.75, 3.05) is 13.2 Å². The van der Waals surface area contributed by atoms with Gasteiger partial charge in [-0.3, -0.25) is 0 Å². The van der Waals surface area contributed by atoms with Crippen LogP contribution in [0.5, 0.6) is 0 Å². The molecule has 0 aliphatic heterocycles. The molecule has 72 valence electrons. The summed E-state index contributed by atoms with van der Waals surface area (Å²) < 4.78 is 5.20. The van der Waals surface area contributed by atoms with Crippen LogP contribution >= 0.6 is 0 Å². The molecule has 3 nitrogen and oxygen atoms in total. The topological polar surface area (TPSA) is 61.3 Å². The maximum Gasteiger partial charge on any atom is 0.0644 e. The van der Waals surface area contributed by atoms with E-state index in [9.17, 15) is 0 Å². The molecule has 0 spiro atoms. The number of rotatable bonds is 7. The molecule has 0 fully saturated rings.